The number of benzene rings is 1. The average Bonchev–Trinajstić information content (AvgIpc) is 2.16. The fourth-order valence-electron chi connectivity index (χ4n) is 0.725. The Balaban J connectivity index is 2.67. The number of nitriles is 1. The maximum absolute atomic E-state index is 8.35. The van der Waals surface area contributed by atoms with Crippen molar-refractivity contribution in [3.05, 3.63) is 40.5 Å². The largest absolute Gasteiger partial charge is 0.360 e. The summed E-state index contributed by atoms with van der Waals surface area (Å²) in [6.45, 7) is 0. The van der Waals surface area contributed by atoms with Gasteiger partial charge in [-0.3, -0.25) is 0 Å². The molecule has 0 heterocycles. The molecular formula is C9H6Cl2N2. The van der Waals surface area contributed by atoms with Crippen molar-refractivity contribution in [2.24, 2.45) is 0 Å². The average molecular weight is 213 g/mol. The van der Waals surface area contributed by atoms with Crippen LogP contribution >= 0.6 is 23.2 Å². The van der Waals surface area contributed by atoms with E-state index < -0.39 is 0 Å². The van der Waals surface area contributed by atoms with Crippen LogP contribution in [0.15, 0.2) is 35.5 Å². The van der Waals surface area contributed by atoms with E-state index in [1.54, 1.807) is 30.3 Å². The van der Waals surface area contributed by atoms with Crippen LogP contribution < -0.4 is 5.32 Å². The summed E-state index contributed by atoms with van der Waals surface area (Å²) in [4.78, 5) is 0. The highest BCUT2D eigenvalue weighted by atomic mass is 35.5. The fourth-order valence-corrected chi connectivity index (χ4v) is 0.906. The number of hydrogen-bond acceptors (Lipinski definition) is 2. The van der Waals surface area contributed by atoms with Crippen molar-refractivity contribution in [3.8, 4) is 6.07 Å². The summed E-state index contributed by atoms with van der Waals surface area (Å²) in [5.74, 6) is 0. The molecule has 1 aromatic rings. The summed E-state index contributed by atoms with van der Waals surface area (Å²) >= 11 is 11.1. The van der Waals surface area contributed by atoms with E-state index in [2.05, 4.69) is 5.32 Å². The van der Waals surface area contributed by atoms with Gasteiger partial charge in [-0.15, -0.1) is 0 Å². The summed E-state index contributed by atoms with van der Waals surface area (Å²) in [5, 5.41) is 12.0. The summed E-state index contributed by atoms with van der Waals surface area (Å²) in [6, 6.07) is 8.86. The second-order valence-electron chi connectivity index (χ2n) is 2.26. The first-order valence-corrected chi connectivity index (χ1v) is 4.26. The molecule has 0 amide bonds. The van der Waals surface area contributed by atoms with Gasteiger partial charge in [-0.1, -0.05) is 23.2 Å². The van der Waals surface area contributed by atoms with Crippen LogP contribution in [0.2, 0.25) is 5.02 Å². The summed E-state index contributed by atoms with van der Waals surface area (Å²) in [6.07, 6.45) is 1.42. The zero-order chi connectivity index (χ0) is 9.68. The first-order chi connectivity index (χ1) is 6.22. The smallest absolute Gasteiger partial charge is 0.134 e. The lowest BCUT2D eigenvalue weighted by Crippen LogP contribution is -1.87. The van der Waals surface area contributed by atoms with E-state index >= 15 is 0 Å². The molecule has 0 saturated carbocycles. The van der Waals surface area contributed by atoms with Crippen LogP contribution in [0.5, 0.6) is 0 Å². The number of halogens is 2. The van der Waals surface area contributed by atoms with E-state index in [0.29, 0.717) is 5.02 Å². The number of nitrogens with zero attached hydrogens (tertiary/aromatic N) is 1. The highest BCUT2D eigenvalue weighted by Gasteiger charge is 1.90. The van der Waals surface area contributed by atoms with Crippen molar-refractivity contribution in [3.63, 3.8) is 0 Å². The van der Waals surface area contributed by atoms with Gasteiger partial charge in [0.15, 0.2) is 0 Å². The van der Waals surface area contributed by atoms with Gasteiger partial charge in [0.2, 0.25) is 0 Å². The highest BCUT2D eigenvalue weighted by Crippen LogP contribution is 2.13. The van der Waals surface area contributed by atoms with Gasteiger partial charge in [-0.25, -0.2) is 0 Å². The van der Waals surface area contributed by atoms with E-state index in [-0.39, 0.29) is 5.03 Å². The molecule has 0 aliphatic rings. The van der Waals surface area contributed by atoms with Gasteiger partial charge in [-0.2, -0.15) is 5.26 Å². The predicted octanol–water partition coefficient (Wildman–Crippen LogP) is 3.36. The maximum atomic E-state index is 8.35. The van der Waals surface area contributed by atoms with Crippen LogP contribution in [0, 0.1) is 11.3 Å². The van der Waals surface area contributed by atoms with Crippen molar-refractivity contribution in [2.45, 2.75) is 0 Å². The Morgan fingerprint density at radius 1 is 1.38 bits per heavy atom. The van der Waals surface area contributed by atoms with Crippen LogP contribution in [0.3, 0.4) is 0 Å². The first kappa shape index (κ1) is 9.91. The van der Waals surface area contributed by atoms with Crippen LogP contribution in [-0.4, -0.2) is 0 Å². The summed E-state index contributed by atoms with van der Waals surface area (Å²) in [5.41, 5.74) is 0.831. The second-order valence-corrected chi connectivity index (χ2v) is 3.10. The molecule has 66 valence electrons. The Kier molecular flexibility index (Phi) is 3.63. The van der Waals surface area contributed by atoms with Crippen molar-refractivity contribution in [1.82, 2.24) is 0 Å². The Morgan fingerprint density at radius 3 is 2.54 bits per heavy atom. The number of hydrogen-bond donors (Lipinski definition) is 1. The molecular weight excluding hydrogens is 207 g/mol. The van der Waals surface area contributed by atoms with E-state index in [4.69, 9.17) is 28.5 Å². The molecule has 2 nitrogen and oxygen atoms in total. The first-order valence-electron chi connectivity index (χ1n) is 3.50. The molecule has 0 aromatic heterocycles. The van der Waals surface area contributed by atoms with Gasteiger partial charge in [-0.05, 0) is 24.3 Å². The lowest BCUT2D eigenvalue weighted by Gasteiger charge is -1.99. The summed E-state index contributed by atoms with van der Waals surface area (Å²) in [7, 11) is 0. The Hall–Kier alpha value is -1.17. The van der Waals surface area contributed by atoms with Crippen molar-refractivity contribution >= 4 is 28.9 Å². The predicted molar refractivity (Wildman–Crippen MR) is 54.6 cm³/mol. The van der Waals surface area contributed by atoms with Gasteiger partial charge in [0.25, 0.3) is 0 Å². The number of anilines is 1. The van der Waals surface area contributed by atoms with Gasteiger partial charge < -0.3 is 5.32 Å². The molecule has 4 heteroatoms. The van der Waals surface area contributed by atoms with E-state index in [0.717, 1.165) is 5.69 Å². The minimum Gasteiger partial charge on any atom is -0.360 e. The molecule has 0 aliphatic carbocycles. The topological polar surface area (TPSA) is 35.8 Å². The molecule has 0 atom stereocenters. The molecule has 0 bridgehead atoms. The molecule has 0 fully saturated rings. The molecule has 13 heavy (non-hydrogen) atoms. The minimum atomic E-state index is 0.106. The van der Waals surface area contributed by atoms with Gasteiger partial charge in [0.05, 0.1) is 0 Å². The third-order valence-electron chi connectivity index (χ3n) is 1.32. The zero-order valence-corrected chi connectivity index (χ0v) is 8.10. The number of nitrogens with one attached hydrogen (secondary N) is 1. The van der Waals surface area contributed by atoms with Crippen LogP contribution in [0.4, 0.5) is 5.69 Å². The molecule has 1 aromatic carbocycles. The van der Waals surface area contributed by atoms with Crippen LogP contribution in [0.25, 0.3) is 0 Å². The second kappa shape index (κ2) is 4.76. The van der Waals surface area contributed by atoms with E-state index in [1.165, 1.54) is 6.20 Å². The monoisotopic (exact) mass is 212 g/mol. The Morgan fingerprint density at radius 2 is 2.00 bits per heavy atom. The van der Waals surface area contributed by atoms with E-state index in [9.17, 15) is 0 Å². The fraction of sp³-hybridized carbons (Fsp3) is 0. The molecule has 0 unspecified atom stereocenters. The van der Waals surface area contributed by atoms with Crippen molar-refractivity contribution in [2.75, 3.05) is 5.32 Å². The number of rotatable bonds is 2. The van der Waals surface area contributed by atoms with E-state index in [1.807, 2.05) is 0 Å². The van der Waals surface area contributed by atoms with Gasteiger partial charge in [0, 0.05) is 16.9 Å². The lowest BCUT2D eigenvalue weighted by molar-refractivity contribution is 1.51. The highest BCUT2D eigenvalue weighted by molar-refractivity contribution is 6.32. The molecule has 0 aliphatic heterocycles. The molecule has 0 saturated heterocycles. The zero-order valence-electron chi connectivity index (χ0n) is 6.59. The molecule has 1 rings (SSSR count). The standard InChI is InChI=1S/C9H6Cl2N2/c10-7-1-3-9(4-2-7)13-6-8(11)5-12/h1-4,6,13H/b8-6+. The number of allylic oxidation sites excluding steroid dienone is 1. The minimum absolute atomic E-state index is 0.106. The molecule has 0 spiro atoms. The maximum Gasteiger partial charge on any atom is 0.134 e. The van der Waals surface area contributed by atoms with Crippen molar-refractivity contribution < 1.29 is 0 Å². The third-order valence-corrected chi connectivity index (χ3v) is 1.76. The van der Waals surface area contributed by atoms with Gasteiger partial charge in [0.1, 0.15) is 11.1 Å². The SMILES string of the molecule is N#C/C(Cl)=C\Nc1ccc(Cl)cc1. The lowest BCUT2D eigenvalue weighted by atomic mass is 10.3. The van der Waals surface area contributed by atoms with Crippen LogP contribution in [0.1, 0.15) is 0 Å². The molecule has 0 radical (unpaired) electrons. The summed E-state index contributed by atoms with van der Waals surface area (Å²) < 4.78 is 0. The Bertz CT molecular complexity index is 349. The Labute approximate surface area is 86.4 Å². The third kappa shape index (κ3) is 3.37. The van der Waals surface area contributed by atoms with Crippen molar-refractivity contribution in [1.29, 1.82) is 5.26 Å². The molecule has 1 N–H and O–H groups in total. The normalized spacial score (nSPS) is 10.7. The van der Waals surface area contributed by atoms with Crippen LogP contribution in [-0.2, 0) is 0 Å². The quantitative estimate of drug-likeness (QED) is 0.764. The van der Waals surface area contributed by atoms with Gasteiger partial charge >= 0.3 is 0 Å².